The number of aromatic nitrogens is 2. The first-order valence-electron chi connectivity index (χ1n) is 9.87. The van der Waals surface area contributed by atoms with E-state index >= 15 is 0 Å². The second-order valence-corrected chi connectivity index (χ2v) is 7.52. The molecule has 0 unspecified atom stereocenters. The van der Waals surface area contributed by atoms with Crippen molar-refractivity contribution in [1.82, 2.24) is 9.38 Å². The minimum absolute atomic E-state index is 0.0994. The number of carbonyl (C=O) groups is 1. The molecule has 0 spiro atoms. The maximum Gasteiger partial charge on any atom is 0.262 e. The summed E-state index contributed by atoms with van der Waals surface area (Å²) in [5, 5.41) is 3.24. The molecule has 0 saturated heterocycles. The molecule has 1 amide bonds. The van der Waals surface area contributed by atoms with Gasteiger partial charge in [-0.1, -0.05) is 35.9 Å². The number of fused-ring (bicyclic) bond motifs is 1. The second kappa shape index (κ2) is 9.53. The number of carbonyl (C=O) groups excluding carboxylic acids is 1. The van der Waals surface area contributed by atoms with Crippen LogP contribution >= 0.6 is 11.6 Å². The third-order valence-electron chi connectivity index (χ3n) is 4.63. The van der Waals surface area contributed by atoms with Crippen LogP contribution in [0.15, 0.2) is 77.7 Å². The van der Waals surface area contributed by atoms with E-state index in [0.717, 1.165) is 5.56 Å². The lowest BCUT2D eigenvalue weighted by Gasteiger charge is -2.11. The Kier molecular flexibility index (Phi) is 6.37. The number of nitrogens with zero attached hydrogens (tertiary/aromatic N) is 2. The van der Waals surface area contributed by atoms with E-state index in [4.69, 9.17) is 21.1 Å². The molecule has 2 heterocycles. The van der Waals surface area contributed by atoms with Gasteiger partial charge in [0.25, 0.3) is 11.5 Å². The Balaban J connectivity index is 1.37. The van der Waals surface area contributed by atoms with E-state index in [1.807, 2.05) is 31.2 Å². The van der Waals surface area contributed by atoms with Gasteiger partial charge in [-0.15, -0.1) is 0 Å². The number of hydrogen-bond donors (Lipinski definition) is 1. The van der Waals surface area contributed by atoms with Crippen molar-refractivity contribution in [3.8, 4) is 11.5 Å². The van der Waals surface area contributed by atoms with Crippen LogP contribution in [-0.2, 0) is 11.4 Å². The van der Waals surface area contributed by atoms with Gasteiger partial charge in [0, 0.05) is 24.0 Å². The number of halogens is 1. The fraction of sp³-hybridized carbons (Fsp3) is 0.125. The van der Waals surface area contributed by atoms with Crippen LogP contribution in [0.3, 0.4) is 0 Å². The molecule has 0 aliphatic rings. The Labute approximate surface area is 189 Å². The van der Waals surface area contributed by atoms with E-state index in [1.54, 1.807) is 36.4 Å². The largest absolute Gasteiger partial charge is 0.487 e. The summed E-state index contributed by atoms with van der Waals surface area (Å²) in [5.74, 6) is 0.912. The molecular formula is C24H20ClN3O4. The Morgan fingerprint density at radius 2 is 1.91 bits per heavy atom. The van der Waals surface area contributed by atoms with Crippen LogP contribution in [0.5, 0.6) is 11.5 Å². The van der Waals surface area contributed by atoms with Crippen molar-refractivity contribution in [1.29, 1.82) is 0 Å². The second-order valence-electron chi connectivity index (χ2n) is 7.08. The molecule has 2 aromatic carbocycles. The summed E-state index contributed by atoms with van der Waals surface area (Å²) in [6.07, 6.45) is 1.52. The average molecular weight is 450 g/mol. The van der Waals surface area contributed by atoms with Crippen molar-refractivity contribution in [3.05, 3.63) is 99.6 Å². The van der Waals surface area contributed by atoms with Crippen molar-refractivity contribution in [2.75, 3.05) is 11.9 Å². The van der Waals surface area contributed by atoms with E-state index in [-0.39, 0.29) is 24.7 Å². The predicted molar refractivity (Wildman–Crippen MR) is 123 cm³/mol. The minimum Gasteiger partial charge on any atom is -0.487 e. The number of benzene rings is 2. The van der Waals surface area contributed by atoms with Crippen molar-refractivity contribution < 1.29 is 14.3 Å². The van der Waals surface area contributed by atoms with E-state index in [0.29, 0.717) is 33.6 Å². The normalized spacial score (nSPS) is 10.7. The number of nitrogens with one attached hydrogen (secondary N) is 1. The smallest absolute Gasteiger partial charge is 0.262 e. The number of anilines is 1. The van der Waals surface area contributed by atoms with Gasteiger partial charge in [-0.2, -0.15) is 0 Å². The van der Waals surface area contributed by atoms with Gasteiger partial charge in [0.15, 0.2) is 6.61 Å². The molecule has 4 rings (SSSR count). The highest BCUT2D eigenvalue weighted by molar-refractivity contribution is 6.30. The molecule has 0 radical (unpaired) electrons. The van der Waals surface area contributed by atoms with Crippen LogP contribution in [0, 0.1) is 6.92 Å². The Bertz CT molecular complexity index is 1340. The van der Waals surface area contributed by atoms with Crippen LogP contribution < -0.4 is 20.3 Å². The molecule has 4 aromatic rings. The van der Waals surface area contributed by atoms with Gasteiger partial charge in [-0.25, -0.2) is 4.98 Å². The van der Waals surface area contributed by atoms with Gasteiger partial charge in [0.2, 0.25) is 0 Å². The lowest BCUT2D eigenvalue weighted by atomic mass is 10.2. The van der Waals surface area contributed by atoms with Gasteiger partial charge >= 0.3 is 0 Å². The zero-order valence-corrected chi connectivity index (χ0v) is 18.0. The standard InChI is InChI=1S/C24H20ClN3O4/c1-16-5-2-3-8-21(16)32-15-23(29)27-18-6-4-7-20(11-18)31-14-19-12-24(30)28-13-17(25)9-10-22(28)26-19/h2-13H,14-15H2,1H3,(H,27,29). The zero-order chi connectivity index (χ0) is 22.5. The minimum atomic E-state index is -0.284. The summed E-state index contributed by atoms with van der Waals surface area (Å²) < 4.78 is 12.7. The quantitative estimate of drug-likeness (QED) is 0.456. The molecule has 1 N–H and O–H groups in total. The molecule has 0 aliphatic carbocycles. The molecule has 0 bridgehead atoms. The molecule has 32 heavy (non-hydrogen) atoms. The number of aryl methyl sites for hydroxylation is 1. The van der Waals surface area contributed by atoms with Gasteiger partial charge in [-0.3, -0.25) is 14.0 Å². The van der Waals surface area contributed by atoms with Gasteiger partial charge < -0.3 is 14.8 Å². The molecule has 0 saturated carbocycles. The number of rotatable bonds is 7. The highest BCUT2D eigenvalue weighted by Crippen LogP contribution is 2.19. The summed E-state index contributed by atoms with van der Waals surface area (Å²) in [6, 6.07) is 19.2. The monoisotopic (exact) mass is 449 g/mol. The maximum atomic E-state index is 12.3. The lowest BCUT2D eigenvalue weighted by Crippen LogP contribution is -2.20. The first-order chi connectivity index (χ1) is 15.5. The third kappa shape index (κ3) is 5.25. The van der Waals surface area contributed by atoms with Crippen molar-refractivity contribution in [2.24, 2.45) is 0 Å². The molecule has 8 heteroatoms. The fourth-order valence-corrected chi connectivity index (χ4v) is 3.24. The summed E-state index contributed by atoms with van der Waals surface area (Å²) in [6.45, 7) is 1.91. The summed E-state index contributed by atoms with van der Waals surface area (Å²) in [4.78, 5) is 28.9. The van der Waals surface area contributed by atoms with Crippen molar-refractivity contribution in [2.45, 2.75) is 13.5 Å². The molecule has 2 aromatic heterocycles. The third-order valence-corrected chi connectivity index (χ3v) is 4.86. The van der Waals surface area contributed by atoms with Crippen molar-refractivity contribution >= 4 is 28.8 Å². The number of para-hydroxylation sites is 1. The maximum absolute atomic E-state index is 12.3. The lowest BCUT2D eigenvalue weighted by molar-refractivity contribution is -0.118. The highest BCUT2D eigenvalue weighted by Gasteiger charge is 2.08. The number of ether oxygens (including phenoxy) is 2. The van der Waals surface area contributed by atoms with Gasteiger partial charge in [-0.05, 0) is 42.8 Å². The molecule has 7 nitrogen and oxygen atoms in total. The van der Waals surface area contributed by atoms with Crippen molar-refractivity contribution in [3.63, 3.8) is 0 Å². The van der Waals surface area contributed by atoms with E-state index in [9.17, 15) is 9.59 Å². The Morgan fingerprint density at radius 1 is 1.06 bits per heavy atom. The van der Waals surface area contributed by atoms with Crippen LogP contribution in [-0.4, -0.2) is 21.9 Å². The van der Waals surface area contributed by atoms with Gasteiger partial charge in [0.1, 0.15) is 23.8 Å². The number of amides is 1. The highest BCUT2D eigenvalue weighted by atomic mass is 35.5. The summed E-state index contributed by atoms with van der Waals surface area (Å²) in [7, 11) is 0. The van der Waals surface area contributed by atoms with Crippen LogP contribution in [0.1, 0.15) is 11.3 Å². The Hall–Kier alpha value is -3.84. The summed E-state index contributed by atoms with van der Waals surface area (Å²) >= 11 is 5.93. The van der Waals surface area contributed by atoms with Crippen LogP contribution in [0.25, 0.3) is 5.65 Å². The number of hydrogen-bond acceptors (Lipinski definition) is 5. The first kappa shape index (κ1) is 21.4. The SMILES string of the molecule is Cc1ccccc1OCC(=O)Nc1cccc(OCc2cc(=O)n3cc(Cl)ccc3n2)c1. The molecule has 162 valence electrons. The zero-order valence-electron chi connectivity index (χ0n) is 17.2. The molecule has 0 fully saturated rings. The van der Waals surface area contributed by atoms with E-state index < -0.39 is 0 Å². The van der Waals surface area contributed by atoms with Crippen LogP contribution in [0.4, 0.5) is 5.69 Å². The Morgan fingerprint density at radius 3 is 2.75 bits per heavy atom. The average Bonchev–Trinajstić information content (AvgIpc) is 2.78. The van der Waals surface area contributed by atoms with Gasteiger partial charge in [0.05, 0.1) is 10.7 Å². The number of pyridine rings is 1. The predicted octanol–water partition coefficient (Wildman–Crippen LogP) is 4.25. The van der Waals surface area contributed by atoms with Crippen LogP contribution in [0.2, 0.25) is 5.02 Å². The molecular weight excluding hydrogens is 430 g/mol. The van der Waals surface area contributed by atoms with E-state index in [1.165, 1.54) is 16.7 Å². The molecule has 0 aliphatic heterocycles. The first-order valence-corrected chi connectivity index (χ1v) is 10.2. The topological polar surface area (TPSA) is 81.9 Å². The summed E-state index contributed by atoms with van der Waals surface area (Å²) in [5.41, 5.74) is 2.25. The fourth-order valence-electron chi connectivity index (χ4n) is 3.08. The molecule has 0 atom stereocenters. The van der Waals surface area contributed by atoms with E-state index in [2.05, 4.69) is 10.3 Å².